The summed E-state index contributed by atoms with van der Waals surface area (Å²) in [5.74, 6) is 0.477. The number of hydrogen-bond acceptors (Lipinski definition) is 3. The Morgan fingerprint density at radius 1 is 1.31 bits per heavy atom. The quantitative estimate of drug-likeness (QED) is 0.363. The van der Waals surface area contributed by atoms with Crippen LogP contribution in [-0.2, 0) is 30.0 Å². The van der Waals surface area contributed by atoms with Gasteiger partial charge in [-0.15, -0.1) is 0 Å². The number of nitrogens with one attached hydrogen (secondary N) is 1. The third-order valence-corrected chi connectivity index (χ3v) is 5.30. The Labute approximate surface area is 187 Å². The number of carboxylic acids is 1. The number of fused-ring (bicyclic) bond motifs is 2. The van der Waals surface area contributed by atoms with Crippen LogP contribution in [0.15, 0.2) is 36.5 Å². The van der Waals surface area contributed by atoms with Gasteiger partial charge in [0.25, 0.3) is 0 Å². The van der Waals surface area contributed by atoms with Gasteiger partial charge in [-0.3, -0.25) is 4.79 Å². The van der Waals surface area contributed by atoms with Crippen molar-refractivity contribution >= 4 is 15.4 Å². The number of nitrogens with zero attached hydrogens (tertiary/aromatic N) is 1. The summed E-state index contributed by atoms with van der Waals surface area (Å²) in [5.41, 5.74) is 10.2. The van der Waals surface area contributed by atoms with E-state index in [0.29, 0.717) is 11.8 Å². The van der Waals surface area contributed by atoms with Crippen molar-refractivity contribution in [3.63, 3.8) is 0 Å². The predicted octanol–water partition coefficient (Wildman–Crippen LogP) is 6.08. The average molecular weight is 597 g/mol. The molecule has 3 unspecified atom stereocenters. The van der Waals surface area contributed by atoms with Crippen LogP contribution >= 0.6 is 9.42 Å². The van der Waals surface area contributed by atoms with Crippen LogP contribution in [0.1, 0.15) is 55.2 Å². The van der Waals surface area contributed by atoms with Gasteiger partial charge in [0, 0.05) is 18.2 Å². The SMILES string of the molecule is CC(C(=O)O)c1ccc2c(c1)Cc1cccnc1O2.[CH2-]C1CCCCC1[NH-].[Cl][Pt]. The van der Waals surface area contributed by atoms with Crippen LogP contribution in [0.3, 0.4) is 0 Å². The molecule has 0 radical (unpaired) electrons. The van der Waals surface area contributed by atoms with E-state index in [2.05, 4.69) is 21.3 Å². The zero-order chi connectivity index (χ0) is 21.4. The van der Waals surface area contributed by atoms with E-state index >= 15 is 0 Å². The van der Waals surface area contributed by atoms with Gasteiger partial charge < -0.3 is 22.5 Å². The van der Waals surface area contributed by atoms with Crippen molar-refractivity contribution in [2.24, 2.45) is 5.92 Å². The number of aliphatic carboxylic acids is 1. The Hall–Kier alpha value is -1.42. The molecule has 161 valence electrons. The van der Waals surface area contributed by atoms with Crippen LogP contribution in [0.25, 0.3) is 5.73 Å². The molecule has 7 heteroatoms. The Morgan fingerprint density at radius 3 is 2.66 bits per heavy atom. The van der Waals surface area contributed by atoms with Gasteiger partial charge in [0.15, 0.2) is 0 Å². The predicted molar refractivity (Wildman–Crippen MR) is 111 cm³/mol. The maximum absolute atomic E-state index is 11.0. The number of hydrogen-bond donors (Lipinski definition) is 1. The van der Waals surface area contributed by atoms with E-state index in [1.54, 1.807) is 38.0 Å². The van der Waals surface area contributed by atoms with E-state index in [0.717, 1.165) is 35.3 Å². The zero-order valence-electron chi connectivity index (χ0n) is 16.3. The summed E-state index contributed by atoms with van der Waals surface area (Å²) in [4.78, 5) is 15.2. The molecule has 2 aromatic rings. The minimum absolute atomic E-state index is 0.142. The number of benzene rings is 1. The van der Waals surface area contributed by atoms with Crippen molar-refractivity contribution in [3.8, 4) is 11.6 Å². The molecule has 1 fully saturated rings. The van der Waals surface area contributed by atoms with Gasteiger partial charge in [-0.2, -0.15) is 12.0 Å². The molecule has 1 aromatic carbocycles. The number of carbonyl (C=O) groups is 1. The topological polar surface area (TPSA) is 83.2 Å². The second kappa shape index (κ2) is 11.7. The van der Waals surface area contributed by atoms with Crippen molar-refractivity contribution in [1.29, 1.82) is 0 Å². The molecule has 5 nitrogen and oxygen atoms in total. The maximum atomic E-state index is 11.0. The molecule has 4 rings (SSSR count). The fourth-order valence-corrected chi connectivity index (χ4v) is 3.42. The van der Waals surface area contributed by atoms with Gasteiger partial charge in [0.05, 0.1) is 5.92 Å². The normalized spacial score (nSPS) is 20.3. The zero-order valence-corrected chi connectivity index (χ0v) is 19.4. The van der Waals surface area contributed by atoms with E-state index in [-0.39, 0.29) is 6.04 Å². The molecule has 1 aliphatic carbocycles. The summed E-state index contributed by atoms with van der Waals surface area (Å²) in [6, 6.07) is 9.51. The first-order valence-electron chi connectivity index (χ1n) is 9.59. The van der Waals surface area contributed by atoms with E-state index < -0.39 is 11.9 Å². The number of pyridine rings is 1. The van der Waals surface area contributed by atoms with Crippen molar-refractivity contribution in [2.45, 2.75) is 51.0 Å². The van der Waals surface area contributed by atoms with Gasteiger partial charge in [0.2, 0.25) is 5.88 Å². The summed E-state index contributed by atoms with van der Waals surface area (Å²) in [6.07, 6.45) is 7.22. The van der Waals surface area contributed by atoms with Crippen LogP contribution in [0.4, 0.5) is 0 Å². The van der Waals surface area contributed by atoms with Crippen LogP contribution in [0.2, 0.25) is 0 Å². The summed E-state index contributed by atoms with van der Waals surface area (Å²) in [5, 5.41) is 9.06. The van der Waals surface area contributed by atoms with Crippen molar-refractivity contribution in [1.82, 2.24) is 4.98 Å². The molecule has 3 atom stereocenters. The summed E-state index contributed by atoms with van der Waals surface area (Å²) < 4.78 is 5.71. The molecule has 2 heterocycles. The second-order valence-electron chi connectivity index (χ2n) is 7.32. The molecule has 2 N–H and O–H groups in total. The Morgan fingerprint density at radius 2 is 2.03 bits per heavy atom. The third kappa shape index (κ3) is 6.53. The fourth-order valence-electron chi connectivity index (χ4n) is 3.42. The summed E-state index contributed by atoms with van der Waals surface area (Å²) >= 11 is 1.61. The van der Waals surface area contributed by atoms with Gasteiger partial charge in [0.1, 0.15) is 5.75 Å². The van der Waals surface area contributed by atoms with Gasteiger partial charge >= 0.3 is 34.2 Å². The molecule has 0 spiro atoms. The van der Waals surface area contributed by atoms with Crippen LogP contribution in [0, 0.1) is 12.8 Å². The van der Waals surface area contributed by atoms with E-state index in [4.69, 9.17) is 15.6 Å². The van der Waals surface area contributed by atoms with E-state index in [1.165, 1.54) is 19.3 Å². The van der Waals surface area contributed by atoms with E-state index in [9.17, 15) is 4.79 Å². The summed E-state index contributed by atoms with van der Waals surface area (Å²) in [7, 11) is 4.61. The van der Waals surface area contributed by atoms with Crippen molar-refractivity contribution < 1.29 is 33.4 Å². The van der Waals surface area contributed by atoms with Crippen molar-refractivity contribution in [2.75, 3.05) is 0 Å². The summed E-state index contributed by atoms with van der Waals surface area (Å²) in [6.45, 7) is 5.57. The fraction of sp³-hybridized carbons (Fsp3) is 0.409. The molecule has 1 aromatic heterocycles. The Kier molecular flexibility index (Phi) is 9.61. The van der Waals surface area contributed by atoms with Crippen molar-refractivity contribution in [3.05, 3.63) is 65.9 Å². The molecule has 0 saturated heterocycles. The number of halogens is 1. The molecule has 2 aliphatic rings. The average Bonchev–Trinajstić information content (AvgIpc) is 2.75. The molecule has 0 amide bonds. The molecule has 0 bridgehead atoms. The van der Waals surface area contributed by atoms with Gasteiger partial charge in [-0.25, -0.2) is 4.98 Å². The molecular weight excluding hydrogens is 571 g/mol. The molecule has 1 saturated carbocycles. The van der Waals surface area contributed by atoms with Crippen LogP contribution in [0.5, 0.6) is 11.6 Å². The monoisotopic (exact) mass is 596 g/mol. The number of ether oxygens (including phenoxy) is 1. The standard InChI is InChI=1S/C15H13NO3.C7H13N.ClH.Pt/c1-9(15(17)18)10-4-5-13-12(7-10)8-11-3-2-6-16-14(11)19-13;1-6-4-2-3-5-7(6)8;;/h2-7,9H,8H2,1H3,(H,17,18);6-8H,1-5H2;1H;/q;-2;;+1/p-1. The number of carboxylic acid groups (broad SMARTS) is 1. The first-order chi connectivity index (χ1) is 14.0. The first kappa shape index (κ1) is 23.9. The van der Waals surface area contributed by atoms with Crippen LogP contribution in [-0.4, -0.2) is 22.1 Å². The number of aromatic nitrogens is 1. The second-order valence-corrected chi connectivity index (χ2v) is 7.32. The Bertz CT molecular complexity index is 808. The molecule has 1 aliphatic heterocycles. The Balaban J connectivity index is 0.000000252. The number of rotatable bonds is 2. The van der Waals surface area contributed by atoms with E-state index in [1.807, 2.05) is 24.3 Å². The van der Waals surface area contributed by atoms with Gasteiger partial charge in [-0.05, 0) is 30.2 Å². The molecular formula is C22H26ClN2O3Pt-2. The minimum atomic E-state index is -0.821. The molecule has 29 heavy (non-hydrogen) atoms. The van der Waals surface area contributed by atoms with Crippen LogP contribution < -0.4 is 4.74 Å². The van der Waals surface area contributed by atoms with Gasteiger partial charge in [-0.1, -0.05) is 43.9 Å². The third-order valence-electron chi connectivity index (χ3n) is 5.30. The first-order valence-corrected chi connectivity index (χ1v) is 12.4.